The van der Waals surface area contributed by atoms with Crippen LogP contribution in [-0.2, 0) is 18.0 Å². The molecule has 0 heterocycles. The molecule has 80 heavy (non-hydrogen) atoms. The first kappa shape index (κ1) is 85.5. The fourth-order valence-electron chi connectivity index (χ4n) is 10.6. The number of unbranched alkanes of at least 4 members (excludes halogenated alkanes) is 12. The zero-order valence-electron chi connectivity index (χ0n) is 56.6. The Morgan fingerprint density at radius 2 is 0.700 bits per heavy atom. The summed E-state index contributed by atoms with van der Waals surface area (Å²) in [5.41, 5.74) is 3.58. The molecule has 0 aliphatic carbocycles. The van der Waals surface area contributed by atoms with Crippen LogP contribution in [0.25, 0.3) is 0 Å². The molecule has 0 fully saturated rings. The minimum atomic E-state index is -5.67. The van der Waals surface area contributed by atoms with Crippen LogP contribution in [-0.4, -0.2) is 98.6 Å². The van der Waals surface area contributed by atoms with Gasteiger partial charge in [-0.1, -0.05) is 215 Å². The fraction of sp³-hybridized carbons (Fsp3) is 0.882. The van der Waals surface area contributed by atoms with Crippen molar-refractivity contribution in [3.63, 3.8) is 0 Å². The van der Waals surface area contributed by atoms with Crippen molar-refractivity contribution in [2.45, 2.75) is 303 Å². The molecular formula is C68H141N3O7P2. The van der Waals surface area contributed by atoms with Gasteiger partial charge in [-0.15, -0.1) is 6.58 Å². The van der Waals surface area contributed by atoms with Gasteiger partial charge in [0.05, 0.1) is 93.0 Å². The van der Waals surface area contributed by atoms with Crippen LogP contribution in [0.4, 0.5) is 0 Å². The Morgan fingerprint density at radius 3 is 0.925 bits per heavy atom. The van der Waals surface area contributed by atoms with Crippen molar-refractivity contribution >= 4 is 15.6 Å². The van der Waals surface area contributed by atoms with Gasteiger partial charge in [-0.2, -0.15) is 0 Å². The maximum absolute atomic E-state index is 11.3. The molecule has 0 aliphatic rings. The van der Waals surface area contributed by atoms with Crippen LogP contribution >= 0.6 is 15.6 Å². The van der Waals surface area contributed by atoms with Gasteiger partial charge in [0.25, 0.3) is 7.82 Å². The monoisotopic (exact) mass is 1170 g/mol. The summed E-state index contributed by atoms with van der Waals surface area (Å²) in [4.78, 5) is 32.2. The maximum atomic E-state index is 11.3. The number of hydrogen-bond donors (Lipinski definition) is 0. The first-order chi connectivity index (χ1) is 38.1. The van der Waals surface area contributed by atoms with Gasteiger partial charge in [-0.25, -0.2) is 0 Å². The number of hydrogen-bond acceptors (Lipinski definition) is 7. The number of allylic oxidation sites excluding steroid dienone is 6. The largest absolute Gasteiger partial charge is 0.790 e. The third-order valence-electron chi connectivity index (χ3n) is 15.6. The van der Waals surface area contributed by atoms with Crippen LogP contribution in [0.15, 0.2) is 47.6 Å². The topological polar surface area (TPSA) is 122 Å². The number of phosphoric acid groups is 2. The minimum absolute atomic E-state index is 0.356. The summed E-state index contributed by atoms with van der Waals surface area (Å²) in [6.45, 7) is 56.7. The van der Waals surface area contributed by atoms with E-state index in [1.54, 1.807) is 6.08 Å². The molecule has 10 nitrogen and oxygen atoms in total. The maximum Gasteiger partial charge on any atom is 0.272 e. The van der Waals surface area contributed by atoms with E-state index in [0.29, 0.717) is 5.92 Å². The molecule has 1 atom stereocenters. The van der Waals surface area contributed by atoms with E-state index in [0.717, 1.165) is 44.1 Å². The molecule has 0 amide bonds. The van der Waals surface area contributed by atoms with Crippen LogP contribution in [0.2, 0.25) is 0 Å². The van der Waals surface area contributed by atoms with Gasteiger partial charge in [-0.05, 0) is 135 Å². The SMILES string of the molecule is C=CC/C(=C\CC/C(=C/COP(=O)([O-])OP(=O)([O-])[O-])CC(C)C)CCC=C(C)C.CCCC[N+](CCCC)(CCCC)CCCC.CCCC[N+](CCCC)(CCCC)CCCC.CCCC[N+](CCCC)(CCCC)CCCC. The van der Waals surface area contributed by atoms with E-state index < -0.39 is 15.6 Å². The van der Waals surface area contributed by atoms with E-state index in [-0.39, 0.29) is 6.61 Å². The number of phosphoric ester groups is 1. The predicted octanol–water partition coefficient (Wildman–Crippen LogP) is 19.3. The molecule has 480 valence electrons. The van der Waals surface area contributed by atoms with Crippen LogP contribution in [0.1, 0.15) is 303 Å². The Balaban J connectivity index is -0.000000498. The zero-order chi connectivity index (χ0) is 61.5. The predicted molar refractivity (Wildman–Crippen MR) is 349 cm³/mol. The minimum Gasteiger partial charge on any atom is -0.790 e. The standard InChI is InChI=1S/C20H36O7P2.3C16H36N/c1-6-9-19(11-7-10-17(2)3)12-8-13-20(16-18(4)5)14-15-26-29(24,25)27-28(21,22)23;3*1-5-9-13-17(14-10-6-2,15-11-7-3)16-12-8-4/h6,10,12,14,18H,1,7-9,11,13,15-16H2,2-5H3,(H,24,25)(H2,21,22,23);3*5-16H2,1-4H3/q;3*+1/p-3/b19-12+,20-14-;;;. The first-order valence-electron chi connectivity index (χ1n) is 33.9. The van der Waals surface area contributed by atoms with E-state index in [4.69, 9.17) is 0 Å². The van der Waals surface area contributed by atoms with Crippen molar-refractivity contribution in [1.82, 2.24) is 0 Å². The van der Waals surface area contributed by atoms with Crippen molar-refractivity contribution in [1.29, 1.82) is 0 Å². The van der Waals surface area contributed by atoms with Crippen LogP contribution in [0.3, 0.4) is 0 Å². The lowest BCUT2D eigenvalue weighted by Crippen LogP contribution is -2.50. The molecule has 0 rings (SSSR count). The summed E-state index contributed by atoms with van der Waals surface area (Å²) in [6, 6.07) is 0. The second-order valence-corrected chi connectivity index (χ2v) is 27.1. The summed E-state index contributed by atoms with van der Waals surface area (Å²) >= 11 is 0. The fourth-order valence-corrected chi connectivity index (χ4v) is 12.0. The van der Waals surface area contributed by atoms with Gasteiger partial charge >= 0.3 is 0 Å². The highest BCUT2D eigenvalue weighted by atomic mass is 31.3. The normalized spacial score (nSPS) is 13.2. The average Bonchev–Trinajstić information content (AvgIpc) is 3.41. The van der Waals surface area contributed by atoms with Crippen LogP contribution < -0.4 is 14.7 Å². The Labute approximate surface area is 501 Å². The highest BCUT2D eigenvalue weighted by Gasteiger charge is 2.27. The molecular weight excluding hydrogens is 1030 g/mol. The van der Waals surface area contributed by atoms with Gasteiger partial charge in [0.1, 0.15) is 0 Å². The quantitative estimate of drug-likeness (QED) is 0.0338. The Kier molecular flexibility index (Phi) is 61.2. The molecule has 0 aromatic carbocycles. The number of quaternary nitrogens is 3. The van der Waals surface area contributed by atoms with Crippen molar-refractivity contribution in [2.24, 2.45) is 5.92 Å². The van der Waals surface area contributed by atoms with Crippen molar-refractivity contribution in [3.8, 4) is 0 Å². The summed E-state index contributed by atoms with van der Waals surface area (Å²) in [5, 5.41) is 0. The van der Waals surface area contributed by atoms with E-state index in [1.807, 2.05) is 19.9 Å². The van der Waals surface area contributed by atoms with Crippen LogP contribution in [0, 0.1) is 5.92 Å². The lowest BCUT2D eigenvalue weighted by molar-refractivity contribution is -0.929. The van der Waals surface area contributed by atoms with E-state index >= 15 is 0 Å². The molecule has 0 aromatic heterocycles. The lowest BCUT2D eigenvalue weighted by atomic mass is 9.97. The van der Waals surface area contributed by atoms with Gasteiger partial charge in [-0.3, -0.25) is 8.88 Å². The third-order valence-corrected chi connectivity index (χ3v) is 17.7. The van der Waals surface area contributed by atoms with Gasteiger partial charge < -0.3 is 37.2 Å². The summed E-state index contributed by atoms with van der Waals surface area (Å²) in [6.07, 6.45) is 46.1. The van der Waals surface area contributed by atoms with Gasteiger partial charge in [0, 0.05) is 0 Å². The molecule has 0 radical (unpaired) electrons. The Bertz CT molecular complexity index is 1360. The molecule has 0 aromatic rings. The van der Waals surface area contributed by atoms with Gasteiger partial charge in [0.15, 0.2) is 0 Å². The molecule has 0 aliphatic heterocycles. The summed E-state index contributed by atoms with van der Waals surface area (Å²) in [5.74, 6) is 0.356. The highest BCUT2D eigenvalue weighted by molar-refractivity contribution is 7.58. The molecule has 0 N–H and O–H groups in total. The molecule has 0 saturated heterocycles. The number of rotatable bonds is 51. The molecule has 12 heteroatoms. The van der Waals surface area contributed by atoms with E-state index in [1.165, 1.54) is 257 Å². The zero-order valence-corrected chi connectivity index (χ0v) is 58.4. The van der Waals surface area contributed by atoms with Crippen LogP contribution in [0.5, 0.6) is 0 Å². The highest BCUT2D eigenvalue weighted by Crippen LogP contribution is 2.50. The molecule has 0 saturated carbocycles. The Morgan fingerprint density at radius 1 is 0.438 bits per heavy atom. The number of nitrogens with zero attached hydrogens (tertiary/aromatic N) is 3. The first-order valence-corrected chi connectivity index (χ1v) is 36.8. The summed E-state index contributed by atoms with van der Waals surface area (Å²) in [7, 11) is -10.9. The summed E-state index contributed by atoms with van der Waals surface area (Å²) < 4.78 is 33.9. The van der Waals surface area contributed by atoms with Crippen molar-refractivity contribution < 1.29 is 46.1 Å². The van der Waals surface area contributed by atoms with Crippen molar-refractivity contribution in [3.05, 3.63) is 47.6 Å². The molecule has 0 bridgehead atoms. The molecule has 0 spiro atoms. The second-order valence-electron chi connectivity index (χ2n) is 24.4. The van der Waals surface area contributed by atoms with E-state index in [9.17, 15) is 23.8 Å². The second kappa shape index (κ2) is 57.2. The lowest BCUT2D eigenvalue weighted by Gasteiger charge is -2.39. The van der Waals surface area contributed by atoms with Crippen molar-refractivity contribution in [2.75, 3.05) is 85.1 Å². The third kappa shape index (κ3) is 53.8. The smallest absolute Gasteiger partial charge is 0.272 e. The van der Waals surface area contributed by atoms with E-state index in [2.05, 4.69) is 124 Å². The molecule has 1 unspecified atom stereocenters. The van der Waals surface area contributed by atoms with Gasteiger partial charge in [0.2, 0.25) is 0 Å². The Hall–Kier alpha value is -0.900. The average molecular weight is 1170 g/mol.